The van der Waals surface area contributed by atoms with E-state index in [9.17, 15) is 4.79 Å². The van der Waals surface area contributed by atoms with Crippen LogP contribution in [0.15, 0.2) is 0 Å². The molecule has 0 saturated carbocycles. The van der Waals surface area contributed by atoms with Crippen molar-refractivity contribution in [2.75, 3.05) is 19.6 Å². The number of halogens is 2. The quantitative estimate of drug-likeness (QED) is 0.640. The molecule has 0 aromatic carbocycles. The monoisotopic (exact) mass is 226 g/mol. The topological polar surface area (TPSA) is 41.1 Å². The first-order valence-corrected chi connectivity index (χ1v) is 4.28. The molecule has 1 spiro atoms. The van der Waals surface area contributed by atoms with Crippen molar-refractivity contribution in [3.8, 4) is 0 Å². The Labute approximate surface area is 90.8 Å². The third-order valence-electron chi connectivity index (χ3n) is 2.86. The summed E-state index contributed by atoms with van der Waals surface area (Å²) in [6.45, 7) is 3.07. The van der Waals surface area contributed by atoms with Gasteiger partial charge in [-0.1, -0.05) is 0 Å². The molecule has 78 valence electrons. The molecule has 0 aromatic heterocycles. The number of rotatable bonds is 0. The molecule has 2 aliphatic rings. The maximum atomic E-state index is 11.0. The number of carbonyl (C=O) groups is 1. The molecule has 0 unspecified atom stereocenters. The second-order valence-electron chi connectivity index (χ2n) is 3.70. The lowest BCUT2D eigenvalue weighted by molar-refractivity contribution is -0.119. The zero-order valence-electron chi connectivity index (χ0n) is 7.47. The Balaban J connectivity index is 0.000000720. The highest BCUT2D eigenvalue weighted by Gasteiger charge is 2.38. The summed E-state index contributed by atoms with van der Waals surface area (Å²) in [7, 11) is 0. The van der Waals surface area contributed by atoms with Crippen molar-refractivity contribution >= 4 is 30.7 Å². The summed E-state index contributed by atoms with van der Waals surface area (Å²) in [6, 6.07) is 0. The highest BCUT2D eigenvalue weighted by molar-refractivity contribution is 5.85. The number of piperidine rings is 1. The van der Waals surface area contributed by atoms with Gasteiger partial charge in [-0.3, -0.25) is 4.79 Å². The molecular weight excluding hydrogens is 211 g/mol. The predicted molar refractivity (Wildman–Crippen MR) is 56.7 cm³/mol. The number of nitrogens with one attached hydrogen (secondary N) is 2. The molecule has 0 aromatic rings. The molecule has 0 aliphatic carbocycles. The van der Waals surface area contributed by atoms with E-state index in [-0.39, 0.29) is 30.7 Å². The second-order valence-corrected chi connectivity index (χ2v) is 3.70. The van der Waals surface area contributed by atoms with Crippen LogP contribution in [0.2, 0.25) is 0 Å². The summed E-state index contributed by atoms with van der Waals surface area (Å²) < 4.78 is 0. The minimum absolute atomic E-state index is 0. The molecular formula is C8H16Cl2N2O. The average molecular weight is 227 g/mol. The smallest absolute Gasteiger partial charge is 0.220 e. The SMILES string of the molecule is Cl.Cl.O=C1CC2(CCNCC2)CN1. The van der Waals surface area contributed by atoms with Gasteiger partial charge in [0.25, 0.3) is 0 Å². The molecule has 0 atom stereocenters. The largest absolute Gasteiger partial charge is 0.356 e. The van der Waals surface area contributed by atoms with Gasteiger partial charge in [0.15, 0.2) is 0 Å². The van der Waals surface area contributed by atoms with E-state index in [4.69, 9.17) is 0 Å². The van der Waals surface area contributed by atoms with Crippen LogP contribution in [0, 0.1) is 5.41 Å². The molecule has 0 radical (unpaired) electrons. The summed E-state index contributed by atoms with van der Waals surface area (Å²) in [6.07, 6.45) is 3.08. The van der Waals surface area contributed by atoms with Crippen LogP contribution in [-0.2, 0) is 4.79 Å². The molecule has 2 rings (SSSR count). The van der Waals surface area contributed by atoms with Gasteiger partial charge in [0.1, 0.15) is 0 Å². The molecule has 2 N–H and O–H groups in total. The van der Waals surface area contributed by atoms with Crippen molar-refractivity contribution in [1.29, 1.82) is 0 Å². The lowest BCUT2D eigenvalue weighted by Crippen LogP contribution is -2.37. The first-order chi connectivity index (χ1) is 5.31. The van der Waals surface area contributed by atoms with Crippen molar-refractivity contribution in [2.45, 2.75) is 19.3 Å². The minimum Gasteiger partial charge on any atom is -0.356 e. The zero-order valence-corrected chi connectivity index (χ0v) is 9.10. The molecule has 5 heteroatoms. The van der Waals surface area contributed by atoms with E-state index in [1.807, 2.05) is 0 Å². The molecule has 13 heavy (non-hydrogen) atoms. The summed E-state index contributed by atoms with van der Waals surface area (Å²) in [5, 5.41) is 6.22. The molecule has 2 fully saturated rings. The van der Waals surface area contributed by atoms with Gasteiger partial charge in [-0.15, -0.1) is 24.8 Å². The standard InChI is InChI=1S/C8H14N2O.2ClH/c11-7-5-8(6-10-7)1-3-9-4-2-8;;/h9H,1-6H2,(H,10,11);2*1H. The van der Waals surface area contributed by atoms with Crippen molar-refractivity contribution in [2.24, 2.45) is 5.41 Å². The maximum absolute atomic E-state index is 11.0. The summed E-state index contributed by atoms with van der Waals surface area (Å²) in [5.41, 5.74) is 0.322. The van der Waals surface area contributed by atoms with Gasteiger partial charge in [0.05, 0.1) is 0 Å². The third-order valence-corrected chi connectivity index (χ3v) is 2.86. The van der Waals surface area contributed by atoms with Crippen LogP contribution in [0.5, 0.6) is 0 Å². The Morgan fingerprint density at radius 3 is 2.23 bits per heavy atom. The maximum Gasteiger partial charge on any atom is 0.220 e. The lowest BCUT2D eigenvalue weighted by atomic mass is 9.78. The Morgan fingerprint density at radius 1 is 1.15 bits per heavy atom. The van der Waals surface area contributed by atoms with Gasteiger partial charge in [-0.25, -0.2) is 0 Å². The van der Waals surface area contributed by atoms with E-state index < -0.39 is 0 Å². The number of hydrogen-bond acceptors (Lipinski definition) is 2. The van der Waals surface area contributed by atoms with Crippen molar-refractivity contribution < 1.29 is 4.79 Å². The first kappa shape index (κ1) is 13.0. The molecule has 0 bridgehead atoms. The second kappa shape index (κ2) is 5.03. The molecule has 2 heterocycles. The fraction of sp³-hybridized carbons (Fsp3) is 0.875. The number of carbonyl (C=O) groups excluding carboxylic acids is 1. The third kappa shape index (κ3) is 2.73. The summed E-state index contributed by atoms with van der Waals surface area (Å²) in [4.78, 5) is 11.0. The molecule has 2 aliphatic heterocycles. The van der Waals surface area contributed by atoms with Crippen molar-refractivity contribution in [3.63, 3.8) is 0 Å². The van der Waals surface area contributed by atoms with E-state index in [1.54, 1.807) is 0 Å². The van der Waals surface area contributed by atoms with Crippen LogP contribution < -0.4 is 10.6 Å². The zero-order chi connectivity index (χ0) is 7.73. The summed E-state index contributed by atoms with van der Waals surface area (Å²) >= 11 is 0. The fourth-order valence-electron chi connectivity index (χ4n) is 2.06. The van der Waals surface area contributed by atoms with Crippen molar-refractivity contribution in [1.82, 2.24) is 10.6 Å². The van der Waals surface area contributed by atoms with Gasteiger partial charge in [0.2, 0.25) is 5.91 Å². The number of hydrogen-bond donors (Lipinski definition) is 2. The van der Waals surface area contributed by atoms with Gasteiger partial charge in [-0.05, 0) is 31.3 Å². The van der Waals surface area contributed by atoms with Crippen LogP contribution in [0.3, 0.4) is 0 Å². The Kier molecular flexibility index (Phi) is 5.04. The van der Waals surface area contributed by atoms with E-state index >= 15 is 0 Å². The van der Waals surface area contributed by atoms with Gasteiger partial charge in [0, 0.05) is 13.0 Å². The average Bonchev–Trinajstić information content (AvgIpc) is 2.34. The van der Waals surface area contributed by atoms with Crippen LogP contribution in [-0.4, -0.2) is 25.5 Å². The van der Waals surface area contributed by atoms with Crippen molar-refractivity contribution in [3.05, 3.63) is 0 Å². The van der Waals surface area contributed by atoms with Crippen LogP contribution in [0.1, 0.15) is 19.3 Å². The molecule has 3 nitrogen and oxygen atoms in total. The van der Waals surface area contributed by atoms with E-state index in [1.165, 1.54) is 0 Å². The van der Waals surface area contributed by atoms with E-state index in [0.29, 0.717) is 5.41 Å². The molecule has 1 amide bonds. The lowest BCUT2D eigenvalue weighted by Gasteiger charge is -2.31. The predicted octanol–water partition coefficient (Wildman–Crippen LogP) is 0.720. The minimum atomic E-state index is 0. The van der Waals surface area contributed by atoms with Gasteiger partial charge < -0.3 is 10.6 Å². The Bertz CT molecular complexity index is 181. The van der Waals surface area contributed by atoms with Gasteiger partial charge in [-0.2, -0.15) is 0 Å². The van der Waals surface area contributed by atoms with E-state index in [0.717, 1.165) is 38.9 Å². The van der Waals surface area contributed by atoms with Gasteiger partial charge >= 0.3 is 0 Å². The Hall–Kier alpha value is 0.01000. The fourth-order valence-corrected chi connectivity index (χ4v) is 2.06. The van der Waals surface area contributed by atoms with Crippen LogP contribution >= 0.6 is 24.8 Å². The number of amides is 1. The Morgan fingerprint density at radius 2 is 1.77 bits per heavy atom. The highest BCUT2D eigenvalue weighted by atomic mass is 35.5. The van der Waals surface area contributed by atoms with Crippen LogP contribution in [0.4, 0.5) is 0 Å². The first-order valence-electron chi connectivity index (χ1n) is 4.28. The van der Waals surface area contributed by atoms with Crippen LogP contribution in [0.25, 0.3) is 0 Å². The summed E-state index contributed by atoms with van der Waals surface area (Å²) in [5.74, 6) is 0.243. The normalized spacial score (nSPS) is 24.5. The van der Waals surface area contributed by atoms with E-state index in [2.05, 4.69) is 10.6 Å². The highest BCUT2D eigenvalue weighted by Crippen LogP contribution is 2.34. The molecule has 2 saturated heterocycles.